The van der Waals surface area contributed by atoms with Gasteiger partial charge in [0.1, 0.15) is 17.0 Å². The molecule has 296 valence electrons. The van der Waals surface area contributed by atoms with Gasteiger partial charge in [0, 0.05) is 33.0 Å². The summed E-state index contributed by atoms with van der Waals surface area (Å²) in [5.41, 5.74) is 14.6. The molecule has 0 radical (unpaired) electrons. The van der Waals surface area contributed by atoms with Crippen molar-refractivity contribution in [2.24, 2.45) is 4.99 Å². The van der Waals surface area contributed by atoms with Crippen LogP contribution in [0.4, 0.5) is 5.69 Å². The maximum atomic E-state index is 7.08. The summed E-state index contributed by atoms with van der Waals surface area (Å²) in [6, 6.07) is 77.1. The van der Waals surface area contributed by atoms with Gasteiger partial charge < -0.3 is 4.42 Å². The summed E-state index contributed by atoms with van der Waals surface area (Å²) >= 11 is 2.70. The van der Waals surface area contributed by atoms with Crippen molar-refractivity contribution >= 4 is 99.4 Å². The third kappa shape index (κ3) is 5.74. The molecule has 12 aromatic rings. The second kappa shape index (κ2) is 14.4. The second-order valence-corrected chi connectivity index (χ2v) is 18.0. The van der Waals surface area contributed by atoms with Crippen molar-refractivity contribution in [2.45, 2.75) is 9.84 Å². The van der Waals surface area contributed by atoms with Crippen LogP contribution in [0.1, 0.15) is 17.0 Å². The topological polar surface area (TPSA) is 30.4 Å². The van der Waals surface area contributed by atoms with Crippen LogP contribution in [0, 0.1) is 0 Å². The Morgan fingerprint density at radius 3 is 1.81 bits per heavy atom. The van der Waals surface area contributed by atoms with E-state index in [-0.39, 0.29) is 9.84 Å². The molecule has 0 amide bonds. The zero-order chi connectivity index (χ0) is 41.6. The maximum absolute atomic E-state index is 7.08. The number of furan rings is 1. The van der Waals surface area contributed by atoms with Crippen LogP contribution < -0.4 is 0 Å². The molecule has 1 aliphatic heterocycles. The Kier molecular flexibility index (Phi) is 8.32. The predicted octanol–water partition coefficient (Wildman–Crippen LogP) is 16.5. The number of nitrogens with zero attached hydrogens (tertiary/aromatic N) is 2. The van der Waals surface area contributed by atoms with E-state index >= 15 is 0 Å². The molecule has 2 unspecified atom stereocenters. The Bertz CT molecular complexity index is 3810. The Balaban J connectivity index is 1.11. The minimum Gasteiger partial charge on any atom is -0.456 e. The molecule has 0 bridgehead atoms. The largest absolute Gasteiger partial charge is 0.456 e. The summed E-state index contributed by atoms with van der Waals surface area (Å²) in [5.74, 6) is 0.918. The van der Waals surface area contributed by atoms with Gasteiger partial charge in [0.2, 0.25) is 0 Å². The minimum absolute atomic E-state index is 0.0828. The molecule has 0 saturated carbocycles. The van der Waals surface area contributed by atoms with E-state index in [1.54, 1.807) is 0 Å². The highest BCUT2D eigenvalue weighted by Gasteiger charge is 2.37. The van der Waals surface area contributed by atoms with E-state index in [1.807, 2.05) is 0 Å². The number of fused-ring (bicyclic) bond motifs is 10. The molecule has 0 spiro atoms. The summed E-state index contributed by atoms with van der Waals surface area (Å²) in [4.78, 5) is 5.69. The fraction of sp³-hybridized carbons (Fsp3) is 0.0339. The minimum atomic E-state index is -0.0850. The van der Waals surface area contributed by atoms with Gasteiger partial charge in [-0.25, -0.2) is 4.99 Å². The molecular weight excluding hydrogens is 880 g/mol. The quantitative estimate of drug-likeness (QED) is 0.128. The molecule has 13 rings (SSSR count). The molecular formula is C59H37IN2O. The molecule has 1 aliphatic rings. The van der Waals surface area contributed by atoms with Gasteiger partial charge in [-0.1, -0.05) is 186 Å². The van der Waals surface area contributed by atoms with E-state index in [0.29, 0.717) is 0 Å². The van der Waals surface area contributed by atoms with Crippen LogP contribution in [-0.4, -0.2) is 14.3 Å². The molecule has 2 aromatic heterocycles. The number of benzene rings is 10. The van der Waals surface area contributed by atoms with Gasteiger partial charge in [-0.05, 0) is 109 Å². The van der Waals surface area contributed by atoms with Gasteiger partial charge in [-0.2, -0.15) is 0 Å². The van der Waals surface area contributed by atoms with Crippen molar-refractivity contribution in [3.05, 3.63) is 223 Å². The Morgan fingerprint density at radius 2 is 1.05 bits per heavy atom. The summed E-state index contributed by atoms with van der Waals surface area (Å²) in [5, 5.41) is 9.53. The van der Waals surface area contributed by atoms with Gasteiger partial charge in [0.25, 0.3) is 0 Å². The van der Waals surface area contributed by atoms with Gasteiger partial charge in [-0.15, -0.1) is 0 Å². The lowest BCUT2D eigenvalue weighted by molar-refractivity contribution is 0.658. The molecule has 0 N–H and O–H groups in total. The number of halogens is 1. The molecule has 0 aliphatic carbocycles. The van der Waals surface area contributed by atoms with Gasteiger partial charge >= 0.3 is 0 Å². The summed E-state index contributed by atoms with van der Waals surface area (Å²) in [7, 11) is 0. The van der Waals surface area contributed by atoms with E-state index < -0.39 is 0 Å². The number of aromatic nitrogens is 1. The third-order valence-electron chi connectivity index (χ3n) is 13.1. The number of hydrogen-bond acceptors (Lipinski definition) is 2. The molecule has 4 heteroatoms. The van der Waals surface area contributed by atoms with E-state index in [0.717, 1.165) is 50.1 Å². The molecule has 3 nitrogen and oxygen atoms in total. The van der Waals surface area contributed by atoms with Gasteiger partial charge in [0.15, 0.2) is 0 Å². The van der Waals surface area contributed by atoms with Crippen molar-refractivity contribution in [2.75, 3.05) is 0 Å². The number of rotatable bonds is 4. The highest BCUT2D eigenvalue weighted by molar-refractivity contribution is 14.1. The van der Waals surface area contributed by atoms with Gasteiger partial charge in [-0.3, -0.25) is 4.57 Å². The summed E-state index contributed by atoms with van der Waals surface area (Å²) < 4.78 is 9.47. The van der Waals surface area contributed by atoms with Crippen molar-refractivity contribution in [3.8, 4) is 33.4 Å². The first-order valence-corrected chi connectivity index (χ1v) is 22.8. The third-order valence-corrected chi connectivity index (χ3v) is 14.4. The van der Waals surface area contributed by atoms with Crippen molar-refractivity contribution in [1.29, 1.82) is 0 Å². The molecule has 0 saturated heterocycles. The van der Waals surface area contributed by atoms with Crippen molar-refractivity contribution in [1.82, 2.24) is 4.57 Å². The smallest absolute Gasteiger partial charge is 0.139 e. The molecule has 3 heterocycles. The fourth-order valence-electron chi connectivity index (χ4n) is 10.3. The first-order valence-electron chi connectivity index (χ1n) is 21.5. The number of hydrogen-bond donors (Lipinski definition) is 0. The first-order chi connectivity index (χ1) is 31.2. The number of aliphatic imine (C=N–C) groups is 1. The van der Waals surface area contributed by atoms with E-state index in [2.05, 4.69) is 239 Å². The SMILES string of the molecule is IC1C(n2c3ccc(-c4ccccc4)cc3c3c4ccccc4c(-c4ccccc4)cc32)=Nc2ccccc2C1c1cc(-c2ccccc2)cc2c1oc1cc3ccccc3cc12. The molecule has 2 atom stereocenters. The Labute approximate surface area is 377 Å². The zero-order valence-electron chi connectivity index (χ0n) is 34.0. The fourth-order valence-corrected chi connectivity index (χ4v) is 11.4. The van der Waals surface area contributed by atoms with E-state index in [9.17, 15) is 0 Å². The number of para-hydroxylation sites is 1. The lowest BCUT2D eigenvalue weighted by atomic mass is 9.83. The Morgan fingerprint density at radius 1 is 0.429 bits per heavy atom. The average Bonchev–Trinajstić information content (AvgIpc) is 3.88. The highest BCUT2D eigenvalue weighted by atomic mass is 127. The van der Waals surface area contributed by atoms with Crippen molar-refractivity contribution < 1.29 is 4.42 Å². The van der Waals surface area contributed by atoms with Crippen LogP contribution >= 0.6 is 22.6 Å². The average molecular weight is 917 g/mol. The first kappa shape index (κ1) is 36.4. The predicted molar refractivity (Wildman–Crippen MR) is 273 cm³/mol. The van der Waals surface area contributed by atoms with Gasteiger partial charge in [0.05, 0.1) is 20.6 Å². The molecule has 63 heavy (non-hydrogen) atoms. The van der Waals surface area contributed by atoms with Crippen LogP contribution in [0.2, 0.25) is 0 Å². The number of alkyl halides is 1. The monoisotopic (exact) mass is 916 g/mol. The molecule has 10 aromatic carbocycles. The highest BCUT2D eigenvalue weighted by Crippen LogP contribution is 2.50. The van der Waals surface area contributed by atoms with Crippen LogP contribution in [0.5, 0.6) is 0 Å². The summed E-state index contributed by atoms with van der Waals surface area (Å²) in [6.45, 7) is 0. The summed E-state index contributed by atoms with van der Waals surface area (Å²) in [6.07, 6.45) is 0. The van der Waals surface area contributed by atoms with E-state index in [4.69, 9.17) is 9.41 Å². The standard InChI is InChI=1S/C59H37IN2O/c60-57-56(50-33-42(37-18-6-2-7-19-37)32-48-47-30-39-22-10-11-23-40(39)34-54(47)63-58(48)50)45-26-14-15-27-51(45)61-59(57)62-52-29-28-41(36-16-4-1-5-17-36)31-49(52)55-44-25-13-12-24-43(44)46(35-53(55)62)38-20-8-3-9-21-38/h1-35,56-57H. The van der Waals surface area contributed by atoms with Crippen molar-refractivity contribution in [3.63, 3.8) is 0 Å². The lowest BCUT2D eigenvalue weighted by Crippen LogP contribution is -2.32. The normalized spacial score (nSPS) is 15.2. The van der Waals surface area contributed by atoms with E-state index in [1.165, 1.54) is 71.3 Å². The zero-order valence-corrected chi connectivity index (χ0v) is 36.2. The Hall–Kier alpha value is -7.28. The van der Waals surface area contributed by atoms with Crippen LogP contribution in [0.15, 0.2) is 222 Å². The van der Waals surface area contributed by atoms with Crippen LogP contribution in [-0.2, 0) is 0 Å². The lowest BCUT2D eigenvalue weighted by Gasteiger charge is -2.31. The second-order valence-electron chi connectivity index (χ2n) is 16.7. The molecule has 0 fully saturated rings. The van der Waals surface area contributed by atoms with Crippen LogP contribution in [0.25, 0.3) is 98.7 Å². The maximum Gasteiger partial charge on any atom is 0.139 e. The van der Waals surface area contributed by atoms with Crippen LogP contribution in [0.3, 0.4) is 0 Å².